The molecule has 0 aliphatic carbocycles. The second-order valence-electron chi connectivity index (χ2n) is 4.36. The lowest BCUT2D eigenvalue weighted by Gasteiger charge is -2.26. The van der Waals surface area contributed by atoms with Crippen LogP contribution in [-0.2, 0) is 4.74 Å². The number of amides is 1. The van der Waals surface area contributed by atoms with E-state index in [-0.39, 0.29) is 5.91 Å². The summed E-state index contributed by atoms with van der Waals surface area (Å²) in [4.78, 5) is 14.5. The van der Waals surface area contributed by atoms with Crippen molar-refractivity contribution in [1.29, 1.82) is 0 Å². The number of nitrogens with two attached hydrogens (primary N) is 1. The van der Waals surface area contributed by atoms with Gasteiger partial charge in [0.2, 0.25) is 0 Å². The first kappa shape index (κ1) is 14.1. The SMILES string of the molecule is CNC(=O)c1sc(NCCN2CCOCC2)cc1N. The maximum Gasteiger partial charge on any atom is 0.263 e. The van der Waals surface area contributed by atoms with E-state index in [0.29, 0.717) is 10.6 Å². The Bertz CT molecular complexity index is 429. The van der Waals surface area contributed by atoms with Crippen LogP contribution >= 0.6 is 11.3 Å². The number of nitrogens with zero attached hydrogens (tertiary/aromatic N) is 1. The molecular formula is C12H20N4O2S. The zero-order valence-electron chi connectivity index (χ0n) is 11.1. The number of hydrogen-bond donors (Lipinski definition) is 3. The van der Waals surface area contributed by atoms with Crippen LogP contribution in [0, 0.1) is 0 Å². The molecule has 19 heavy (non-hydrogen) atoms. The Morgan fingerprint density at radius 1 is 1.53 bits per heavy atom. The third-order valence-electron chi connectivity index (χ3n) is 3.03. The van der Waals surface area contributed by atoms with Crippen LogP contribution in [0.5, 0.6) is 0 Å². The van der Waals surface area contributed by atoms with E-state index in [1.54, 1.807) is 7.05 Å². The van der Waals surface area contributed by atoms with E-state index in [2.05, 4.69) is 15.5 Å². The summed E-state index contributed by atoms with van der Waals surface area (Å²) in [5.74, 6) is -0.135. The van der Waals surface area contributed by atoms with Gasteiger partial charge in [-0.25, -0.2) is 0 Å². The molecule has 7 heteroatoms. The standard InChI is InChI=1S/C12H20N4O2S/c1-14-12(17)11-9(13)8-10(19-11)15-2-3-16-4-6-18-7-5-16/h8,15H,2-7,13H2,1H3,(H,14,17). The third kappa shape index (κ3) is 3.82. The molecule has 4 N–H and O–H groups in total. The highest BCUT2D eigenvalue weighted by Crippen LogP contribution is 2.28. The van der Waals surface area contributed by atoms with Gasteiger partial charge in [-0.2, -0.15) is 0 Å². The van der Waals surface area contributed by atoms with Gasteiger partial charge in [-0.1, -0.05) is 0 Å². The summed E-state index contributed by atoms with van der Waals surface area (Å²) in [5.41, 5.74) is 6.34. The number of carbonyl (C=O) groups excluding carboxylic acids is 1. The van der Waals surface area contributed by atoms with E-state index in [1.165, 1.54) is 11.3 Å². The van der Waals surface area contributed by atoms with Crippen molar-refractivity contribution < 1.29 is 9.53 Å². The maximum absolute atomic E-state index is 11.5. The molecule has 2 rings (SSSR count). The lowest BCUT2D eigenvalue weighted by molar-refractivity contribution is 0.0398. The Kier molecular flexibility index (Phi) is 5.00. The molecule has 0 atom stereocenters. The van der Waals surface area contributed by atoms with Crippen molar-refractivity contribution in [2.24, 2.45) is 0 Å². The van der Waals surface area contributed by atoms with Crippen molar-refractivity contribution in [2.45, 2.75) is 0 Å². The number of nitrogens with one attached hydrogen (secondary N) is 2. The van der Waals surface area contributed by atoms with Gasteiger partial charge in [0.15, 0.2) is 0 Å². The fraction of sp³-hybridized carbons (Fsp3) is 0.583. The molecule has 1 aromatic heterocycles. The smallest absolute Gasteiger partial charge is 0.263 e. The minimum Gasteiger partial charge on any atom is -0.397 e. The predicted octanol–water partition coefficient (Wildman–Crippen LogP) is 0.434. The number of thiophene rings is 1. The first-order valence-electron chi connectivity index (χ1n) is 6.36. The average Bonchev–Trinajstić information content (AvgIpc) is 2.80. The first-order chi connectivity index (χ1) is 9.20. The first-order valence-corrected chi connectivity index (χ1v) is 7.17. The second kappa shape index (κ2) is 6.74. The molecule has 0 unspecified atom stereocenters. The number of rotatable bonds is 5. The number of ether oxygens (including phenoxy) is 1. The third-order valence-corrected chi connectivity index (χ3v) is 4.13. The van der Waals surface area contributed by atoms with Gasteiger partial charge in [0.25, 0.3) is 5.91 Å². The van der Waals surface area contributed by atoms with Crippen LogP contribution < -0.4 is 16.4 Å². The zero-order chi connectivity index (χ0) is 13.7. The summed E-state index contributed by atoms with van der Waals surface area (Å²) < 4.78 is 5.30. The topological polar surface area (TPSA) is 79.6 Å². The summed E-state index contributed by atoms with van der Waals surface area (Å²) in [6.07, 6.45) is 0. The Labute approximate surface area is 116 Å². The van der Waals surface area contributed by atoms with E-state index < -0.39 is 0 Å². The molecule has 1 aliphatic rings. The van der Waals surface area contributed by atoms with Crippen LogP contribution in [0.25, 0.3) is 0 Å². The highest BCUT2D eigenvalue weighted by molar-refractivity contribution is 7.18. The van der Waals surface area contributed by atoms with E-state index in [9.17, 15) is 4.79 Å². The van der Waals surface area contributed by atoms with Gasteiger partial charge < -0.3 is 21.1 Å². The lowest BCUT2D eigenvalue weighted by Crippen LogP contribution is -2.38. The minimum atomic E-state index is -0.135. The minimum absolute atomic E-state index is 0.135. The summed E-state index contributed by atoms with van der Waals surface area (Å²) in [5, 5.41) is 6.83. The van der Waals surface area contributed by atoms with E-state index in [4.69, 9.17) is 10.5 Å². The number of anilines is 2. The van der Waals surface area contributed by atoms with Gasteiger partial charge >= 0.3 is 0 Å². The highest BCUT2D eigenvalue weighted by Gasteiger charge is 2.13. The van der Waals surface area contributed by atoms with Crippen molar-refractivity contribution in [1.82, 2.24) is 10.2 Å². The molecule has 1 fully saturated rings. The van der Waals surface area contributed by atoms with Crippen molar-refractivity contribution in [2.75, 3.05) is 57.5 Å². The van der Waals surface area contributed by atoms with Crippen molar-refractivity contribution in [3.05, 3.63) is 10.9 Å². The van der Waals surface area contributed by atoms with Gasteiger partial charge in [0.1, 0.15) is 4.88 Å². The second-order valence-corrected chi connectivity index (χ2v) is 5.41. The summed E-state index contributed by atoms with van der Waals surface area (Å²) in [7, 11) is 1.60. The van der Waals surface area contributed by atoms with Gasteiger partial charge in [-0.05, 0) is 6.07 Å². The van der Waals surface area contributed by atoms with Gasteiger partial charge in [-0.15, -0.1) is 11.3 Å². The Morgan fingerprint density at radius 2 is 2.26 bits per heavy atom. The molecule has 1 saturated heterocycles. The van der Waals surface area contributed by atoms with Crippen LogP contribution in [0.1, 0.15) is 9.67 Å². The maximum atomic E-state index is 11.5. The molecule has 106 valence electrons. The molecule has 0 spiro atoms. The number of carbonyl (C=O) groups is 1. The van der Waals surface area contributed by atoms with E-state index >= 15 is 0 Å². The Hall–Kier alpha value is -1.31. The monoisotopic (exact) mass is 284 g/mol. The fourth-order valence-electron chi connectivity index (χ4n) is 1.95. The molecule has 2 heterocycles. The predicted molar refractivity (Wildman–Crippen MR) is 77.9 cm³/mol. The number of nitrogen functional groups attached to an aromatic ring is 1. The molecule has 1 amide bonds. The van der Waals surface area contributed by atoms with Gasteiger partial charge in [0.05, 0.1) is 23.9 Å². The van der Waals surface area contributed by atoms with Crippen molar-refractivity contribution in [3.8, 4) is 0 Å². The molecule has 6 nitrogen and oxygen atoms in total. The number of hydrogen-bond acceptors (Lipinski definition) is 6. The van der Waals surface area contributed by atoms with Gasteiger partial charge in [-0.3, -0.25) is 9.69 Å². The van der Waals surface area contributed by atoms with Crippen LogP contribution in [0.15, 0.2) is 6.07 Å². The number of morpholine rings is 1. The Morgan fingerprint density at radius 3 is 2.95 bits per heavy atom. The highest BCUT2D eigenvalue weighted by atomic mass is 32.1. The molecular weight excluding hydrogens is 264 g/mol. The average molecular weight is 284 g/mol. The molecule has 0 aromatic carbocycles. The van der Waals surface area contributed by atoms with Crippen LogP contribution in [0.3, 0.4) is 0 Å². The summed E-state index contributed by atoms with van der Waals surface area (Å²) in [6.45, 7) is 5.40. The van der Waals surface area contributed by atoms with E-state index in [0.717, 1.165) is 44.4 Å². The molecule has 0 bridgehead atoms. The zero-order valence-corrected chi connectivity index (χ0v) is 11.9. The molecule has 0 saturated carbocycles. The largest absolute Gasteiger partial charge is 0.397 e. The normalized spacial score (nSPS) is 16.3. The quantitative estimate of drug-likeness (QED) is 0.731. The van der Waals surface area contributed by atoms with Crippen LogP contribution in [-0.4, -0.2) is 57.2 Å². The van der Waals surface area contributed by atoms with Crippen LogP contribution in [0.2, 0.25) is 0 Å². The van der Waals surface area contributed by atoms with E-state index in [1.807, 2.05) is 6.07 Å². The molecule has 1 aliphatic heterocycles. The molecule has 0 radical (unpaired) electrons. The molecule has 1 aromatic rings. The van der Waals surface area contributed by atoms with Gasteiger partial charge in [0, 0.05) is 33.2 Å². The summed E-state index contributed by atoms with van der Waals surface area (Å²) in [6, 6.07) is 1.81. The summed E-state index contributed by atoms with van der Waals surface area (Å²) >= 11 is 1.39. The lowest BCUT2D eigenvalue weighted by atomic mass is 10.3. The fourth-order valence-corrected chi connectivity index (χ4v) is 2.90. The Balaban J connectivity index is 1.81. The van der Waals surface area contributed by atoms with Crippen molar-refractivity contribution >= 4 is 27.9 Å². The van der Waals surface area contributed by atoms with Crippen LogP contribution in [0.4, 0.5) is 10.7 Å². The van der Waals surface area contributed by atoms with Crippen molar-refractivity contribution in [3.63, 3.8) is 0 Å².